The smallest absolute Gasteiger partial charge is 0.261 e. The molecule has 1 aliphatic carbocycles. The van der Waals surface area contributed by atoms with Crippen molar-refractivity contribution < 1.29 is 9.59 Å². The first-order chi connectivity index (χ1) is 11.0. The maximum atomic E-state index is 12.2. The first-order valence-corrected chi connectivity index (χ1v) is 9.14. The minimum absolute atomic E-state index is 0.0421. The lowest BCUT2D eigenvalue weighted by molar-refractivity contribution is -0.117. The molecule has 23 heavy (non-hydrogen) atoms. The van der Waals surface area contributed by atoms with Gasteiger partial charge >= 0.3 is 0 Å². The van der Waals surface area contributed by atoms with Gasteiger partial charge in [-0.1, -0.05) is 33.6 Å². The number of nitrogens with one attached hydrogen (secondary N) is 2. The summed E-state index contributed by atoms with van der Waals surface area (Å²) in [7, 11) is 0. The van der Waals surface area contributed by atoms with Gasteiger partial charge in [0.2, 0.25) is 5.91 Å². The van der Waals surface area contributed by atoms with E-state index in [9.17, 15) is 9.59 Å². The van der Waals surface area contributed by atoms with Crippen LogP contribution in [0.25, 0.3) is 0 Å². The highest BCUT2D eigenvalue weighted by atomic mass is 79.9. The molecular formula is C16H14BrClN2O2S. The predicted molar refractivity (Wildman–Crippen MR) is 96.0 cm³/mol. The third-order valence-corrected chi connectivity index (χ3v) is 5.32. The fourth-order valence-electron chi connectivity index (χ4n) is 2.02. The van der Waals surface area contributed by atoms with Gasteiger partial charge in [0.25, 0.3) is 5.91 Å². The van der Waals surface area contributed by atoms with Crippen molar-refractivity contribution in [1.82, 2.24) is 5.32 Å². The van der Waals surface area contributed by atoms with Crippen molar-refractivity contribution in [2.75, 3.05) is 5.32 Å². The lowest BCUT2D eigenvalue weighted by Crippen LogP contribution is -2.21. The van der Waals surface area contributed by atoms with Gasteiger partial charge in [-0.05, 0) is 42.7 Å². The van der Waals surface area contributed by atoms with Crippen LogP contribution in [0.2, 0.25) is 5.02 Å². The van der Waals surface area contributed by atoms with Crippen molar-refractivity contribution in [1.29, 1.82) is 0 Å². The molecule has 120 valence electrons. The summed E-state index contributed by atoms with van der Waals surface area (Å²) in [5.74, 6) is 0.00952. The van der Waals surface area contributed by atoms with Crippen molar-refractivity contribution >= 4 is 55.7 Å². The Labute approximate surface area is 151 Å². The van der Waals surface area contributed by atoms with Crippen LogP contribution in [0, 0.1) is 5.92 Å². The quantitative estimate of drug-likeness (QED) is 0.761. The molecule has 1 aliphatic rings. The molecule has 1 heterocycles. The second kappa shape index (κ2) is 7.03. The third-order valence-electron chi connectivity index (χ3n) is 3.48. The molecule has 0 unspecified atom stereocenters. The van der Waals surface area contributed by atoms with E-state index in [1.807, 2.05) is 12.1 Å². The Morgan fingerprint density at radius 1 is 1.26 bits per heavy atom. The minimum Gasteiger partial charge on any atom is -0.347 e. The molecule has 1 aromatic heterocycles. The van der Waals surface area contributed by atoms with Crippen molar-refractivity contribution in [3.05, 3.63) is 50.3 Å². The fraction of sp³-hybridized carbons (Fsp3) is 0.250. The van der Waals surface area contributed by atoms with Crippen LogP contribution in [-0.2, 0) is 11.3 Å². The second-order valence-corrected chi connectivity index (χ2v) is 7.75. The Kier molecular flexibility index (Phi) is 5.04. The molecule has 0 spiro atoms. The summed E-state index contributed by atoms with van der Waals surface area (Å²) >= 11 is 10.7. The summed E-state index contributed by atoms with van der Waals surface area (Å²) in [4.78, 5) is 24.4. The number of hydrogen-bond donors (Lipinski definition) is 2. The molecule has 0 aliphatic heterocycles. The summed E-state index contributed by atoms with van der Waals surface area (Å²) in [6, 6.07) is 9.00. The van der Waals surface area contributed by atoms with Gasteiger partial charge in [-0.15, -0.1) is 11.3 Å². The van der Waals surface area contributed by atoms with Crippen LogP contribution in [0.4, 0.5) is 5.00 Å². The van der Waals surface area contributed by atoms with Gasteiger partial charge in [0.15, 0.2) is 0 Å². The fourth-order valence-corrected chi connectivity index (χ4v) is 3.59. The van der Waals surface area contributed by atoms with Gasteiger partial charge in [-0.2, -0.15) is 0 Å². The zero-order valence-corrected chi connectivity index (χ0v) is 15.2. The van der Waals surface area contributed by atoms with Crippen LogP contribution in [0.5, 0.6) is 0 Å². The maximum absolute atomic E-state index is 12.2. The Hall–Kier alpha value is -1.37. The maximum Gasteiger partial charge on any atom is 0.261 e. The number of anilines is 1. The highest BCUT2D eigenvalue weighted by Crippen LogP contribution is 2.31. The van der Waals surface area contributed by atoms with E-state index in [4.69, 9.17) is 11.6 Å². The van der Waals surface area contributed by atoms with Gasteiger partial charge < -0.3 is 10.6 Å². The lowest BCUT2D eigenvalue weighted by Gasteiger charge is -2.06. The van der Waals surface area contributed by atoms with E-state index in [0.29, 0.717) is 21.4 Å². The third kappa shape index (κ3) is 4.34. The molecular weight excluding hydrogens is 400 g/mol. The Bertz CT molecular complexity index is 758. The number of thiophene rings is 1. The van der Waals surface area contributed by atoms with Crippen LogP contribution in [0.1, 0.15) is 28.1 Å². The Morgan fingerprint density at radius 2 is 2.04 bits per heavy atom. The highest BCUT2D eigenvalue weighted by Gasteiger charge is 2.29. The zero-order chi connectivity index (χ0) is 16.4. The van der Waals surface area contributed by atoms with E-state index in [1.54, 1.807) is 18.2 Å². The summed E-state index contributed by atoms with van der Waals surface area (Å²) < 4.78 is 0.895. The van der Waals surface area contributed by atoms with Gasteiger partial charge in [0.1, 0.15) is 0 Å². The van der Waals surface area contributed by atoms with Crippen molar-refractivity contribution in [2.24, 2.45) is 5.92 Å². The van der Waals surface area contributed by atoms with Gasteiger partial charge in [0, 0.05) is 22.0 Å². The summed E-state index contributed by atoms with van der Waals surface area (Å²) in [6.07, 6.45) is 1.91. The molecule has 1 fully saturated rings. The topological polar surface area (TPSA) is 58.2 Å². The van der Waals surface area contributed by atoms with E-state index in [0.717, 1.165) is 22.9 Å². The van der Waals surface area contributed by atoms with Crippen molar-refractivity contribution in [3.8, 4) is 0 Å². The van der Waals surface area contributed by atoms with Crippen molar-refractivity contribution in [2.45, 2.75) is 19.4 Å². The van der Waals surface area contributed by atoms with E-state index < -0.39 is 0 Å². The first kappa shape index (κ1) is 16.5. The minimum atomic E-state index is -0.180. The monoisotopic (exact) mass is 412 g/mol. The summed E-state index contributed by atoms with van der Waals surface area (Å²) in [5.41, 5.74) is 0.849. The van der Waals surface area contributed by atoms with E-state index in [-0.39, 0.29) is 17.7 Å². The number of benzene rings is 1. The average Bonchev–Trinajstić information content (AvgIpc) is 3.26. The van der Waals surface area contributed by atoms with Crippen LogP contribution in [0.3, 0.4) is 0 Å². The number of carbonyl (C=O) groups excluding carboxylic acids is 2. The molecule has 2 amide bonds. The number of amides is 2. The molecule has 4 nitrogen and oxygen atoms in total. The molecule has 0 atom stereocenters. The van der Waals surface area contributed by atoms with Crippen LogP contribution < -0.4 is 10.6 Å². The van der Waals surface area contributed by atoms with Crippen LogP contribution in [0.15, 0.2) is 34.8 Å². The zero-order valence-electron chi connectivity index (χ0n) is 12.1. The van der Waals surface area contributed by atoms with E-state index in [1.165, 1.54) is 11.3 Å². The van der Waals surface area contributed by atoms with E-state index in [2.05, 4.69) is 26.6 Å². The summed E-state index contributed by atoms with van der Waals surface area (Å²) in [5, 5.41) is 6.98. The molecule has 7 heteroatoms. The number of halogens is 2. The van der Waals surface area contributed by atoms with Gasteiger partial charge in [0.05, 0.1) is 9.88 Å². The van der Waals surface area contributed by atoms with Gasteiger partial charge in [-0.3, -0.25) is 9.59 Å². The Morgan fingerprint density at radius 3 is 2.74 bits per heavy atom. The SMILES string of the molecule is O=C(NCc1ccc(Br)cc1Cl)c1ccc(NC(=O)C2CC2)s1. The lowest BCUT2D eigenvalue weighted by atomic mass is 10.2. The molecule has 1 aromatic carbocycles. The van der Waals surface area contributed by atoms with Gasteiger partial charge in [-0.25, -0.2) is 0 Å². The molecule has 0 saturated heterocycles. The highest BCUT2D eigenvalue weighted by molar-refractivity contribution is 9.10. The molecule has 0 bridgehead atoms. The molecule has 2 aromatic rings. The number of rotatable bonds is 5. The second-order valence-electron chi connectivity index (χ2n) is 5.35. The first-order valence-electron chi connectivity index (χ1n) is 7.16. The standard InChI is InChI=1S/C16H14BrClN2O2S/c17-11-4-3-10(12(18)7-11)8-19-16(22)13-5-6-14(23-13)20-15(21)9-1-2-9/h3-7,9H,1-2,8H2,(H,19,22)(H,20,21). The molecule has 3 rings (SSSR count). The molecule has 1 saturated carbocycles. The largest absolute Gasteiger partial charge is 0.347 e. The normalized spacial score (nSPS) is 13.7. The average molecular weight is 414 g/mol. The Balaban J connectivity index is 1.57. The molecule has 2 N–H and O–H groups in total. The summed E-state index contributed by atoms with van der Waals surface area (Å²) in [6.45, 7) is 0.354. The van der Waals surface area contributed by atoms with Crippen LogP contribution >= 0.6 is 38.9 Å². The molecule has 0 radical (unpaired) electrons. The number of carbonyl (C=O) groups is 2. The van der Waals surface area contributed by atoms with E-state index >= 15 is 0 Å². The van der Waals surface area contributed by atoms with Crippen molar-refractivity contribution in [3.63, 3.8) is 0 Å². The van der Waals surface area contributed by atoms with Crippen LogP contribution in [-0.4, -0.2) is 11.8 Å². The predicted octanol–water partition coefficient (Wildman–Crippen LogP) is 4.44. The number of hydrogen-bond acceptors (Lipinski definition) is 3.